The molecule has 3 rings (SSSR count). The zero-order valence-electron chi connectivity index (χ0n) is 14.3. The molecule has 136 valence electrons. The summed E-state index contributed by atoms with van der Waals surface area (Å²) in [6.07, 6.45) is 1.46. The SMILES string of the molecule is O=C(N/N=C/c1cccc(O)c1)c1ccc(OCc2ccc(Cl)cc2)cc1. The predicted octanol–water partition coefficient (Wildman–Crippen LogP) is 4.39. The molecular weight excluding hydrogens is 364 g/mol. The highest BCUT2D eigenvalue weighted by Gasteiger charge is 2.04. The van der Waals surface area contributed by atoms with Gasteiger partial charge in [-0.3, -0.25) is 4.79 Å². The normalized spacial score (nSPS) is 10.7. The van der Waals surface area contributed by atoms with Crippen molar-refractivity contribution in [1.82, 2.24) is 5.43 Å². The summed E-state index contributed by atoms with van der Waals surface area (Å²) < 4.78 is 5.69. The van der Waals surface area contributed by atoms with Crippen molar-refractivity contribution in [2.24, 2.45) is 5.10 Å². The molecule has 0 bridgehead atoms. The van der Waals surface area contributed by atoms with E-state index in [1.807, 2.05) is 24.3 Å². The van der Waals surface area contributed by atoms with Crippen LogP contribution in [0.15, 0.2) is 77.9 Å². The number of carbonyl (C=O) groups excluding carboxylic acids is 1. The molecule has 0 aromatic heterocycles. The first kappa shape index (κ1) is 18.5. The fourth-order valence-electron chi connectivity index (χ4n) is 2.28. The van der Waals surface area contributed by atoms with Crippen LogP contribution in [0.5, 0.6) is 11.5 Å². The van der Waals surface area contributed by atoms with Crippen LogP contribution >= 0.6 is 11.6 Å². The van der Waals surface area contributed by atoms with Crippen molar-refractivity contribution in [2.45, 2.75) is 6.61 Å². The number of hydrogen-bond donors (Lipinski definition) is 2. The van der Waals surface area contributed by atoms with E-state index in [4.69, 9.17) is 16.3 Å². The van der Waals surface area contributed by atoms with Gasteiger partial charge in [0.1, 0.15) is 18.1 Å². The summed E-state index contributed by atoms with van der Waals surface area (Å²) in [5, 5.41) is 14.0. The van der Waals surface area contributed by atoms with Gasteiger partial charge in [0.05, 0.1) is 6.21 Å². The standard InChI is InChI=1S/C21H17ClN2O3/c22-18-8-4-15(5-9-18)14-27-20-10-6-17(7-11-20)21(26)24-23-13-16-2-1-3-19(25)12-16/h1-13,25H,14H2,(H,24,26)/b23-13+. The van der Waals surface area contributed by atoms with Crippen molar-refractivity contribution in [3.8, 4) is 11.5 Å². The molecule has 6 heteroatoms. The van der Waals surface area contributed by atoms with Gasteiger partial charge in [-0.15, -0.1) is 0 Å². The smallest absolute Gasteiger partial charge is 0.271 e. The molecule has 0 radical (unpaired) electrons. The number of hydrazone groups is 1. The fourth-order valence-corrected chi connectivity index (χ4v) is 2.41. The zero-order valence-corrected chi connectivity index (χ0v) is 15.1. The number of ether oxygens (including phenoxy) is 1. The molecule has 0 aliphatic rings. The van der Waals surface area contributed by atoms with E-state index in [2.05, 4.69) is 10.5 Å². The lowest BCUT2D eigenvalue weighted by molar-refractivity contribution is 0.0955. The Kier molecular flexibility index (Phi) is 6.07. The van der Waals surface area contributed by atoms with Crippen molar-refractivity contribution in [1.29, 1.82) is 0 Å². The lowest BCUT2D eigenvalue weighted by Crippen LogP contribution is -2.17. The van der Waals surface area contributed by atoms with Crippen LogP contribution in [-0.2, 0) is 6.61 Å². The molecule has 3 aromatic rings. The average Bonchev–Trinajstić information content (AvgIpc) is 2.68. The van der Waals surface area contributed by atoms with Gasteiger partial charge >= 0.3 is 0 Å². The van der Waals surface area contributed by atoms with Gasteiger partial charge in [-0.05, 0) is 59.7 Å². The Bertz CT molecular complexity index is 938. The van der Waals surface area contributed by atoms with Crippen LogP contribution in [0.3, 0.4) is 0 Å². The molecule has 0 aliphatic carbocycles. The van der Waals surface area contributed by atoms with Crippen LogP contribution in [0.25, 0.3) is 0 Å². The van der Waals surface area contributed by atoms with E-state index in [9.17, 15) is 9.90 Å². The van der Waals surface area contributed by atoms with E-state index in [0.717, 1.165) is 5.56 Å². The molecule has 0 saturated carbocycles. The van der Waals surface area contributed by atoms with Crippen molar-refractivity contribution < 1.29 is 14.6 Å². The molecule has 5 nitrogen and oxygen atoms in total. The first-order valence-electron chi connectivity index (χ1n) is 8.20. The summed E-state index contributed by atoms with van der Waals surface area (Å²) in [4.78, 5) is 12.1. The van der Waals surface area contributed by atoms with E-state index in [1.54, 1.807) is 48.5 Å². The Hall–Kier alpha value is -3.31. The molecule has 2 N–H and O–H groups in total. The Morgan fingerprint density at radius 1 is 1.07 bits per heavy atom. The van der Waals surface area contributed by atoms with Crippen molar-refractivity contribution in [2.75, 3.05) is 0 Å². The zero-order chi connectivity index (χ0) is 19.1. The summed E-state index contributed by atoms with van der Waals surface area (Å²) in [6, 6.07) is 20.8. The van der Waals surface area contributed by atoms with Gasteiger partial charge in [-0.25, -0.2) is 5.43 Å². The van der Waals surface area contributed by atoms with E-state index in [0.29, 0.717) is 28.5 Å². The summed E-state index contributed by atoms with van der Waals surface area (Å²) in [7, 11) is 0. The number of halogens is 1. The summed E-state index contributed by atoms with van der Waals surface area (Å²) in [5.41, 5.74) is 4.59. The van der Waals surface area contributed by atoms with Crippen molar-refractivity contribution in [3.05, 3.63) is 94.5 Å². The maximum absolute atomic E-state index is 12.1. The molecule has 0 fully saturated rings. The molecule has 0 spiro atoms. The number of nitrogens with one attached hydrogen (secondary N) is 1. The number of amides is 1. The molecule has 27 heavy (non-hydrogen) atoms. The lowest BCUT2D eigenvalue weighted by atomic mass is 10.2. The van der Waals surface area contributed by atoms with Crippen LogP contribution in [0.2, 0.25) is 5.02 Å². The number of aromatic hydroxyl groups is 1. The molecule has 1 amide bonds. The molecule has 0 unspecified atom stereocenters. The summed E-state index contributed by atoms with van der Waals surface area (Å²) in [6.45, 7) is 0.414. The van der Waals surface area contributed by atoms with Gasteiger partial charge in [-0.1, -0.05) is 35.9 Å². The lowest BCUT2D eigenvalue weighted by Gasteiger charge is -2.07. The third-order valence-electron chi connectivity index (χ3n) is 3.69. The number of phenols is 1. The maximum atomic E-state index is 12.1. The second-order valence-corrected chi connectivity index (χ2v) is 6.17. The minimum Gasteiger partial charge on any atom is -0.508 e. The first-order valence-corrected chi connectivity index (χ1v) is 8.58. The van der Waals surface area contributed by atoms with Gasteiger partial charge in [-0.2, -0.15) is 5.10 Å². The maximum Gasteiger partial charge on any atom is 0.271 e. The van der Waals surface area contributed by atoms with E-state index in [-0.39, 0.29) is 11.7 Å². The number of hydrogen-bond acceptors (Lipinski definition) is 4. The Morgan fingerprint density at radius 3 is 2.52 bits per heavy atom. The molecule has 3 aromatic carbocycles. The monoisotopic (exact) mass is 380 g/mol. The number of carbonyl (C=O) groups is 1. The van der Waals surface area contributed by atoms with Gasteiger partial charge in [0.2, 0.25) is 0 Å². The first-order chi connectivity index (χ1) is 13.1. The molecule has 0 saturated heterocycles. The molecular formula is C21H17ClN2O3. The van der Waals surface area contributed by atoms with E-state index < -0.39 is 0 Å². The summed E-state index contributed by atoms with van der Waals surface area (Å²) in [5.74, 6) is 0.458. The number of rotatable bonds is 6. The van der Waals surface area contributed by atoms with Crippen LogP contribution in [0.1, 0.15) is 21.5 Å². The van der Waals surface area contributed by atoms with Gasteiger partial charge in [0.15, 0.2) is 0 Å². The predicted molar refractivity (Wildman–Crippen MR) is 105 cm³/mol. The number of phenolic OH excluding ortho intramolecular Hbond substituents is 1. The van der Waals surface area contributed by atoms with Crippen molar-refractivity contribution >= 4 is 23.7 Å². The van der Waals surface area contributed by atoms with Crippen LogP contribution < -0.4 is 10.2 Å². The molecule has 0 heterocycles. The number of benzene rings is 3. The molecule has 0 atom stereocenters. The van der Waals surface area contributed by atoms with Crippen molar-refractivity contribution in [3.63, 3.8) is 0 Å². The van der Waals surface area contributed by atoms with Gasteiger partial charge in [0.25, 0.3) is 5.91 Å². The Morgan fingerprint density at radius 2 is 1.81 bits per heavy atom. The Labute approximate surface area is 161 Å². The Balaban J connectivity index is 1.53. The van der Waals surface area contributed by atoms with E-state index in [1.165, 1.54) is 6.21 Å². The highest BCUT2D eigenvalue weighted by molar-refractivity contribution is 6.30. The van der Waals surface area contributed by atoms with Crippen LogP contribution in [0.4, 0.5) is 0 Å². The summed E-state index contributed by atoms with van der Waals surface area (Å²) >= 11 is 5.85. The minimum absolute atomic E-state index is 0.138. The third kappa shape index (κ3) is 5.59. The quantitative estimate of drug-likeness (QED) is 0.492. The van der Waals surface area contributed by atoms with Gasteiger partial charge in [0, 0.05) is 10.6 Å². The number of nitrogens with zero attached hydrogens (tertiary/aromatic N) is 1. The highest BCUT2D eigenvalue weighted by Crippen LogP contribution is 2.16. The second-order valence-electron chi connectivity index (χ2n) is 5.73. The third-order valence-corrected chi connectivity index (χ3v) is 3.94. The van der Waals surface area contributed by atoms with E-state index >= 15 is 0 Å². The minimum atomic E-state index is -0.337. The molecule has 0 aliphatic heterocycles. The average molecular weight is 381 g/mol. The van der Waals surface area contributed by atoms with Crippen LogP contribution in [0, 0.1) is 0 Å². The largest absolute Gasteiger partial charge is 0.508 e. The van der Waals surface area contributed by atoms with Gasteiger partial charge < -0.3 is 9.84 Å². The van der Waals surface area contributed by atoms with Crippen LogP contribution in [-0.4, -0.2) is 17.2 Å². The second kappa shape index (κ2) is 8.87. The topological polar surface area (TPSA) is 70.9 Å². The highest BCUT2D eigenvalue weighted by atomic mass is 35.5. The fraction of sp³-hybridized carbons (Fsp3) is 0.0476.